The molecule has 0 amide bonds. The average molecular weight is 282 g/mol. The van der Waals surface area contributed by atoms with Gasteiger partial charge in [-0.05, 0) is 54.2 Å². The molecule has 21 heavy (non-hydrogen) atoms. The van der Waals surface area contributed by atoms with E-state index >= 15 is 0 Å². The van der Waals surface area contributed by atoms with Crippen molar-refractivity contribution in [3.63, 3.8) is 0 Å². The molecular formula is C19H26N2. The fourth-order valence-electron chi connectivity index (χ4n) is 3.20. The molecule has 2 N–H and O–H groups in total. The highest BCUT2D eigenvalue weighted by Gasteiger charge is 2.41. The van der Waals surface area contributed by atoms with Crippen LogP contribution in [0.1, 0.15) is 45.1 Å². The molecule has 1 aliphatic rings. The van der Waals surface area contributed by atoms with Crippen molar-refractivity contribution in [3.05, 3.63) is 42.0 Å². The van der Waals surface area contributed by atoms with Gasteiger partial charge < -0.3 is 10.6 Å². The Morgan fingerprint density at radius 1 is 1.05 bits per heavy atom. The van der Waals surface area contributed by atoms with Gasteiger partial charge in [-0.3, -0.25) is 0 Å². The lowest BCUT2D eigenvalue weighted by atomic mass is 9.96. The van der Waals surface area contributed by atoms with Gasteiger partial charge in [0.1, 0.15) is 0 Å². The molecule has 0 radical (unpaired) electrons. The highest BCUT2D eigenvalue weighted by atomic mass is 15.1. The third kappa shape index (κ3) is 2.77. The first kappa shape index (κ1) is 14.4. The molecule has 0 atom stereocenters. The highest BCUT2D eigenvalue weighted by Crippen LogP contribution is 2.46. The Morgan fingerprint density at radius 2 is 1.71 bits per heavy atom. The van der Waals surface area contributed by atoms with Crippen LogP contribution in [0, 0.1) is 0 Å². The maximum absolute atomic E-state index is 6.53. The van der Waals surface area contributed by atoms with Crippen LogP contribution in [0.4, 0.5) is 5.69 Å². The van der Waals surface area contributed by atoms with Crippen LogP contribution in [0.25, 0.3) is 10.8 Å². The van der Waals surface area contributed by atoms with Gasteiger partial charge in [0.2, 0.25) is 0 Å². The lowest BCUT2D eigenvalue weighted by molar-refractivity contribution is 0.732. The van der Waals surface area contributed by atoms with Crippen LogP contribution in [-0.4, -0.2) is 13.1 Å². The molecule has 0 heterocycles. The molecule has 0 spiro atoms. The van der Waals surface area contributed by atoms with Crippen molar-refractivity contribution in [2.45, 2.75) is 45.1 Å². The lowest BCUT2D eigenvalue weighted by Gasteiger charge is -2.26. The SMILES string of the molecule is CCCN(CCC)c1cc(C2(N)CC2)c2ccccc2c1. The summed E-state index contributed by atoms with van der Waals surface area (Å²) in [6.07, 6.45) is 4.58. The second-order valence-corrected chi connectivity index (χ2v) is 6.36. The first-order valence-electron chi connectivity index (χ1n) is 8.25. The van der Waals surface area contributed by atoms with Crippen LogP contribution >= 0.6 is 0 Å². The maximum Gasteiger partial charge on any atom is 0.0418 e. The van der Waals surface area contributed by atoms with E-state index in [1.807, 2.05) is 0 Å². The van der Waals surface area contributed by atoms with E-state index < -0.39 is 0 Å². The summed E-state index contributed by atoms with van der Waals surface area (Å²) in [5.41, 5.74) is 9.13. The fourth-order valence-corrected chi connectivity index (χ4v) is 3.20. The van der Waals surface area contributed by atoms with E-state index in [1.165, 1.54) is 34.9 Å². The van der Waals surface area contributed by atoms with E-state index in [9.17, 15) is 0 Å². The number of hydrogen-bond acceptors (Lipinski definition) is 2. The molecule has 2 nitrogen and oxygen atoms in total. The van der Waals surface area contributed by atoms with E-state index in [0.29, 0.717) is 0 Å². The van der Waals surface area contributed by atoms with Gasteiger partial charge in [-0.2, -0.15) is 0 Å². The number of nitrogens with two attached hydrogens (primary N) is 1. The normalized spacial score (nSPS) is 16.1. The largest absolute Gasteiger partial charge is 0.372 e. The van der Waals surface area contributed by atoms with Crippen molar-refractivity contribution in [2.24, 2.45) is 5.73 Å². The Labute approximate surface area is 127 Å². The minimum Gasteiger partial charge on any atom is -0.372 e. The molecule has 0 aromatic heterocycles. The van der Waals surface area contributed by atoms with Gasteiger partial charge in [0.15, 0.2) is 0 Å². The van der Waals surface area contributed by atoms with Crippen molar-refractivity contribution < 1.29 is 0 Å². The second-order valence-electron chi connectivity index (χ2n) is 6.36. The van der Waals surface area contributed by atoms with Crippen LogP contribution < -0.4 is 10.6 Å². The van der Waals surface area contributed by atoms with Gasteiger partial charge in [-0.15, -0.1) is 0 Å². The van der Waals surface area contributed by atoms with Crippen LogP contribution in [-0.2, 0) is 5.54 Å². The quantitative estimate of drug-likeness (QED) is 0.850. The van der Waals surface area contributed by atoms with Gasteiger partial charge in [0.05, 0.1) is 0 Å². The van der Waals surface area contributed by atoms with Crippen molar-refractivity contribution >= 4 is 16.5 Å². The molecule has 112 valence electrons. The summed E-state index contributed by atoms with van der Waals surface area (Å²) >= 11 is 0. The highest BCUT2D eigenvalue weighted by molar-refractivity contribution is 5.90. The Hall–Kier alpha value is -1.54. The third-order valence-corrected chi connectivity index (χ3v) is 4.52. The Bertz CT molecular complexity index is 622. The van der Waals surface area contributed by atoms with Gasteiger partial charge in [0, 0.05) is 24.3 Å². The fraction of sp³-hybridized carbons (Fsp3) is 0.474. The topological polar surface area (TPSA) is 29.3 Å². The van der Waals surface area contributed by atoms with Crippen LogP contribution in [0.15, 0.2) is 36.4 Å². The molecule has 3 rings (SSSR count). The van der Waals surface area contributed by atoms with E-state index in [1.54, 1.807) is 0 Å². The van der Waals surface area contributed by atoms with E-state index in [4.69, 9.17) is 5.73 Å². The molecule has 1 fully saturated rings. The van der Waals surface area contributed by atoms with Crippen molar-refractivity contribution in [1.29, 1.82) is 0 Å². The monoisotopic (exact) mass is 282 g/mol. The van der Waals surface area contributed by atoms with Crippen molar-refractivity contribution in [3.8, 4) is 0 Å². The van der Waals surface area contributed by atoms with E-state index in [2.05, 4.69) is 55.1 Å². The predicted octanol–water partition coefficient (Wildman–Crippen LogP) is 4.41. The van der Waals surface area contributed by atoms with E-state index in [-0.39, 0.29) is 5.54 Å². The van der Waals surface area contributed by atoms with Crippen LogP contribution in [0.5, 0.6) is 0 Å². The summed E-state index contributed by atoms with van der Waals surface area (Å²) in [6.45, 7) is 6.72. The molecule has 1 aliphatic carbocycles. The standard InChI is InChI=1S/C19H26N2/c1-3-11-21(12-4-2)16-13-15-7-5-6-8-17(15)18(14-16)19(20)9-10-19/h5-8,13-14H,3-4,9-12,20H2,1-2H3. The lowest BCUT2D eigenvalue weighted by Crippen LogP contribution is -2.26. The number of rotatable bonds is 6. The average Bonchev–Trinajstić information content (AvgIpc) is 3.25. The van der Waals surface area contributed by atoms with Crippen molar-refractivity contribution in [1.82, 2.24) is 0 Å². The minimum atomic E-state index is -0.0836. The Morgan fingerprint density at radius 3 is 2.33 bits per heavy atom. The molecule has 2 aromatic carbocycles. The summed E-state index contributed by atoms with van der Waals surface area (Å²) < 4.78 is 0. The first-order chi connectivity index (χ1) is 10.2. The van der Waals surface area contributed by atoms with Gasteiger partial charge in [-0.1, -0.05) is 38.1 Å². The van der Waals surface area contributed by atoms with Gasteiger partial charge in [-0.25, -0.2) is 0 Å². The molecule has 0 unspecified atom stereocenters. The molecule has 0 bridgehead atoms. The number of hydrogen-bond donors (Lipinski definition) is 1. The smallest absolute Gasteiger partial charge is 0.0418 e. The van der Waals surface area contributed by atoms with E-state index in [0.717, 1.165) is 25.9 Å². The summed E-state index contributed by atoms with van der Waals surface area (Å²) in [7, 11) is 0. The molecule has 0 saturated heterocycles. The summed E-state index contributed by atoms with van der Waals surface area (Å²) in [5, 5.41) is 2.65. The number of anilines is 1. The molecule has 0 aliphatic heterocycles. The molecule has 2 heteroatoms. The summed E-state index contributed by atoms with van der Waals surface area (Å²) in [6, 6.07) is 13.3. The van der Waals surface area contributed by atoms with Gasteiger partial charge in [0.25, 0.3) is 0 Å². The molecular weight excluding hydrogens is 256 g/mol. The first-order valence-corrected chi connectivity index (χ1v) is 8.25. The number of benzene rings is 2. The van der Waals surface area contributed by atoms with Gasteiger partial charge >= 0.3 is 0 Å². The number of nitrogens with zero attached hydrogens (tertiary/aromatic N) is 1. The number of fused-ring (bicyclic) bond motifs is 1. The maximum atomic E-state index is 6.53. The van der Waals surface area contributed by atoms with Crippen molar-refractivity contribution in [2.75, 3.05) is 18.0 Å². The van der Waals surface area contributed by atoms with Crippen LogP contribution in [0.3, 0.4) is 0 Å². The summed E-state index contributed by atoms with van der Waals surface area (Å²) in [5.74, 6) is 0. The molecule has 2 aromatic rings. The van der Waals surface area contributed by atoms with Crippen LogP contribution in [0.2, 0.25) is 0 Å². The zero-order valence-corrected chi connectivity index (χ0v) is 13.2. The zero-order valence-electron chi connectivity index (χ0n) is 13.2. The second kappa shape index (κ2) is 5.69. The Kier molecular flexibility index (Phi) is 3.90. The zero-order chi connectivity index (χ0) is 14.9. The third-order valence-electron chi connectivity index (χ3n) is 4.52. The predicted molar refractivity (Wildman–Crippen MR) is 91.8 cm³/mol. The Balaban J connectivity index is 2.11. The summed E-state index contributed by atoms with van der Waals surface area (Å²) in [4.78, 5) is 2.50. The molecule has 1 saturated carbocycles. The minimum absolute atomic E-state index is 0.0836.